The predicted molar refractivity (Wildman–Crippen MR) is 95.1 cm³/mol. The van der Waals surface area contributed by atoms with Crippen LogP contribution in [0.1, 0.15) is 24.5 Å². The molecule has 2 aromatic carbocycles. The zero-order chi connectivity index (χ0) is 15.4. The topological polar surface area (TPSA) is 20.3 Å². The third-order valence-corrected chi connectivity index (χ3v) is 4.96. The lowest BCUT2D eigenvalue weighted by atomic mass is 10.0. The van der Waals surface area contributed by atoms with Crippen LogP contribution in [0.4, 0.5) is 11.4 Å². The number of fused-ring (bicyclic) bond motifs is 2. The van der Waals surface area contributed by atoms with Crippen LogP contribution < -0.4 is 4.90 Å². The molecule has 0 saturated heterocycles. The van der Waals surface area contributed by atoms with Crippen LogP contribution in [0.25, 0.3) is 0 Å². The van der Waals surface area contributed by atoms with Crippen LogP contribution in [0.15, 0.2) is 48.5 Å². The van der Waals surface area contributed by atoms with E-state index in [0.717, 1.165) is 31.6 Å². The number of hydrogen-bond donors (Lipinski definition) is 0. The van der Waals surface area contributed by atoms with Crippen LogP contribution in [-0.2, 0) is 17.6 Å². The fourth-order valence-electron chi connectivity index (χ4n) is 3.05. The average molecular weight is 311 g/mol. The van der Waals surface area contributed by atoms with Gasteiger partial charge in [-0.05, 0) is 42.5 Å². The van der Waals surface area contributed by atoms with E-state index in [-0.39, 0.29) is 5.12 Å². The summed E-state index contributed by atoms with van der Waals surface area (Å²) in [6.45, 7) is 2.59. The maximum absolute atomic E-state index is 11.1. The molecule has 0 radical (unpaired) electrons. The summed E-state index contributed by atoms with van der Waals surface area (Å²) in [5.74, 6) is 0.885. The summed E-state index contributed by atoms with van der Waals surface area (Å²) in [6.07, 6.45) is 3.19. The van der Waals surface area contributed by atoms with Gasteiger partial charge in [-0.1, -0.05) is 48.2 Å². The number of para-hydroxylation sites is 2. The molecule has 0 saturated carbocycles. The number of carbonyl (C=O) groups is 1. The minimum Gasteiger partial charge on any atom is -0.341 e. The second kappa shape index (κ2) is 7.01. The highest BCUT2D eigenvalue weighted by atomic mass is 32.2. The molecular weight excluding hydrogens is 290 g/mol. The quantitative estimate of drug-likeness (QED) is 0.770. The zero-order valence-corrected chi connectivity index (χ0v) is 13.7. The van der Waals surface area contributed by atoms with Crippen LogP contribution in [0.5, 0.6) is 0 Å². The molecule has 0 aromatic heterocycles. The van der Waals surface area contributed by atoms with Crippen LogP contribution in [0.3, 0.4) is 0 Å². The third-order valence-electron chi connectivity index (χ3n) is 4.06. The monoisotopic (exact) mass is 311 g/mol. The zero-order valence-electron chi connectivity index (χ0n) is 12.9. The summed E-state index contributed by atoms with van der Waals surface area (Å²) in [5.41, 5.74) is 5.47. The Kier molecular flexibility index (Phi) is 4.84. The van der Waals surface area contributed by atoms with Gasteiger partial charge in [0.05, 0.1) is 0 Å². The summed E-state index contributed by atoms with van der Waals surface area (Å²) >= 11 is 1.42. The Labute approximate surface area is 136 Å². The van der Waals surface area contributed by atoms with Crippen molar-refractivity contribution >= 4 is 28.3 Å². The predicted octanol–water partition coefficient (Wildman–Crippen LogP) is 4.59. The fraction of sp³-hybridized carbons (Fsp3) is 0.316. The summed E-state index contributed by atoms with van der Waals surface area (Å²) in [7, 11) is 0. The number of hydrogen-bond acceptors (Lipinski definition) is 3. The molecule has 0 aliphatic carbocycles. The van der Waals surface area contributed by atoms with Crippen molar-refractivity contribution < 1.29 is 4.79 Å². The molecule has 0 unspecified atom stereocenters. The number of anilines is 2. The number of thioether (sulfide) groups is 1. The van der Waals surface area contributed by atoms with Crippen LogP contribution in [0.2, 0.25) is 0 Å². The summed E-state index contributed by atoms with van der Waals surface area (Å²) in [5, 5.41) is 0.205. The molecule has 0 spiro atoms. The normalized spacial score (nSPS) is 13.2. The standard InChI is InChI=1S/C19H21NOS/c1-15(21)22-14-6-13-20-18-9-4-2-7-16(18)11-12-17-8-3-5-10-19(17)20/h2-5,7-10H,6,11-14H2,1H3. The van der Waals surface area contributed by atoms with Crippen LogP contribution in [0, 0.1) is 0 Å². The van der Waals surface area contributed by atoms with Crippen molar-refractivity contribution in [3.8, 4) is 0 Å². The lowest BCUT2D eigenvalue weighted by molar-refractivity contribution is -0.109. The van der Waals surface area contributed by atoms with Crippen LogP contribution >= 0.6 is 11.8 Å². The maximum atomic E-state index is 11.1. The molecule has 1 aliphatic rings. The first-order chi connectivity index (χ1) is 10.8. The first kappa shape index (κ1) is 15.2. The molecule has 2 aromatic rings. The van der Waals surface area contributed by atoms with Crippen molar-refractivity contribution in [2.45, 2.75) is 26.2 Å². The van der Waals surface area contributed by atoms with E-state index >= 15 is 0 Å². The largest absolute Gasteiger partial charge is 0.341 e. The highest BCUT2D eigenvalue weighted by molar-refractivity contribution is 8.13. The molecule has 0 fully saturated rings. The van der Waals surface area contributed by atoms with Crippen LogP contribution in [-0.4, -0.2) is 17.4 Å². The van der Waals surface area contributed by atoms with E-state index in [1.807, 2.05) is 0 Å². The lowest BCUT2D eigenvalue weighted by Gasteiger charge is -2.27. The molecule has 0 amide bonds. The molecule has 1 heterocycles. The van der Waals surface area contributed by atoms with Crippen molar-refractivity contribution in [3.05, 3.63) is 59.7 Å². The average Bonchev–Trinajstić information content (AvgIpc) is 2.69. The molecule has 2 nitrogen and oxygen atoms in total. The molecule has 0 bridgehead atoms. The van der Waals surface area contributed by atoms with Gasteiger partial charge in [0.25, 0.3) is 0 Å². The van der Waals surface area contributed by atoms with Crippen molar-refractivity contribution in [1.82, 2.24) is 0 Å². The van der Waals surface area contributed by atoms with Gasteiger partial charge in [-0.15, -0.1) is 0 Å². The smallest absolute Gasteiger partial charge is 0.185 e. The Morgan fingerprint density at radius 1 is 1.00 bits per heavy atom. The number of carbonyl (C=O) groups excluding carboxylic acids is 1. The molecule has 3 heteroatoms. The van der Waals surface area contributed by atoms with Crippen molar-refractivity contribution in [3.63, 3.8) is 0 Å². The van der Waals surface area contributed by atoms with Gasteiger partial charge < -0.3 is 4.90 Å². The molecule has 22 heavy (non-hydrogen) atoms. The molecule has 0 N–H and O–H groups in total. The SMILES string of the molecule is CC(=O)SCCCN1c2ccccc2CCc2ccccc21. The Morgan fingerprint density at radius 3 is 2.09 bits per heavy atom. The van der Waals surface area contributed by atoms with Gasteiger partial charge in [0.1, 0.15) is 0 Å². The molecule has 1 aliphatic heterocycles. The first-order valence-electron chi connectivity index (χ1n) is 7.82. The number of benzene rings is 2. The lowest BCUT2D eigenvalue weighted by Crippen LogP contribution is -2.20. The van der Waals surface area contributed by atoms with Gasteiger partial charge in [0.2, 0.25) is 0 Å². The third kappa shape index (κ3) is 3.36. The first-order valence-corrected chi connectivity index (χ1v) is 8.81. The van der Waals surface area contributed by atoms with Gasteiger partial charge in [0, 0.05) is 30.6 Å². The van der Waals surface area contributed by atoms with E-state index in [9.17, 15) is 4.79 Å². The Balaban J connectivity index is 1.87. The summed E-state index contributed by atoms with van der Waals surface area (Å²) < 4.78 is 0. The van der Waals surface area contributed by atoms with E-state index in [1.165, 1.54) is 34.3 Å². The highest BCUT2D eigenvalue weighted by Gasteiger charge is 2.19. The van der Waals surface area contributed by atoms with E-state index in [2.05, 4.69) is 53.4 Å². The Morgan fingerprint density at radius 2 is 1.55 bits per heavy atom. The number of aryl methyl sites for hydroxylation is 2. The fourth-order valence-corrected chi connectivity index (χ4v) is 3.61. The maximum Gasteiger partial charge on any atom is 0.185 e. The second-order valence-electron chi connectivity index (χ2n) is 5.60. The van der Waals surface area contributed by atoms with Gasteiger partial charge in [0.15, 0.2) is 5.12 Å². The van der Waals surface area contributed by atoms with Crippen molar-refractivity contribution in [2.24, 2.45) is 0 Å². The van der Waals surface area contributed by atoms with E-state index in [1.54, 1.807) is 6.92 Å². The van der Waals surface area contributed by atoms with Gasteiger partial charge in [-0.3, -0.25) is 4.79 Å². The van der Waals surface area contributed by atoms with Crippen molar-refractivity contribution in [1.29, 1.82) is 0 Å². The summed E-state index contributed by atoms with van der Waals surface area (Å²) in [4.78, 5) is 13.5. The Bertz CT molecular complexity index is 620. The molecular formula is C19H21NOS. The minimum atomic E-state index is 0.205. The van der Waals surface area contributed by atoms with Gasteiger partial charge >= 0.3 is 0 Å². The number of rotatable bonds is 4. The van der Waals surface area contributed by atoms with E-state index in [4.69, 9.17) is 0 Å². The minimum absolute atomic E-state index is 0.205. The molecule has 3 rings (SSSR count). The number of nitrogens with zero attached hydrogens (tertiary/aromatic N) is 1. The van der Waals surface area contributed by atoms with E-state index in [0.29, 0.717) is 0 Å². The molecule has 0 atom stereocenters. The highest BCUT2D eigenvalue weighted by Crippen LogP contribution is 2.35. The van der Waals surface area contributed by atoms with Gasteiger partial charge in [-0.2, -0.15) is 0 Å². The molecule has 114 valence electrons. The van der Waals surface area contributed by atoms with E-state index < -0.39 is 0 Å². The second-order valence-corrected chi connectivity index (χ2v) is 6.87. The Hall–Kier alpha value is -1.74. The van der Waals surface area contributed by atoms with Gasteiger partial charge in [-0.25, -0.2) is 0 Å². The summed E-state index contributed by atoms with van der Waals surface area (Å²) in [6, 6.07) is 17.4. The van der Waals surface area contributed by atoms with Crippen molar-refractivity contribution in [2.75, 3.05) is 17.2 Å².